The van der Waals surface area contributed by atoms with Crippen molar-refractivity contribution in [3.8, 4) is 0 Å². The molecule has 1 aliphatic rings. The summed E-state index contributed by atoms with van der Waals surface area (Å²) in [4.78, 5) is 28.8. The first-order valence-corrected chi connectivity index (χ1v) is 8.00. The van der Waals surface area contributed by atoms with Crippen molar-refractivity contribution in [3.05, 3.63) is 43.0 Å². The van der Waals surface area contributed by atoms with Crippen LogP contribution in [0.1, 0.15) is 0 Å². The van der Waals surface area contributed by atoms with Crippen LogP contribution in [-0.2, 0) is 0 Å². The van der Waals surface area contributed by atoms with Crippen molar-refractivity contribution in [2.24, 2.45) is 0 Å². The average molecular weight is 327 g/mol. The van der Waals surface area contributed by atoms with Crippen molar-refractivity contribution < 1.29 is 4.79 Å². The van der Waals surface area contributed by atoms with E-state index >= 15 is 0 Å². The molecular weight excluding hydrogens is 306 g/mol. The molecule has 2 aromatic rings. The Kier molecular flexibility index (Phi) is 5.52. The molecule has 0 unspecified atom stereocenters. The molecule has 1 saturated heterocycles. The number of urea groups is 1. The van der Waals surface area contributed by atoms with Crippen LogP contribution >= 0.6 is 0 Å². The summed E-state index contributed by atoms with van der Waals surface area (Å²) < 4.78 is 0. The quantitative estimate of drug-likeness (QED) is 0.845. The number of hydrogen-bond donors (Lipinski definition) is 2. The van der Waals surface area contributed by atoms with Crippen molar-refractivity contribution in [2.75, 3.05) is 49.5 Å². The van der Waals surface area contributed by atoms with Crippen molar-refractivity contribution in [3.63, 3.8) is 0 Å². The molecule has 0 aromatic carbocycles. The number of aromatic nitrogens is 3. The third-order valence-electron chi connectivity index (χ3n) is 3.84. The van der Waals surface area contributed by atoms with Crippen molar-refractivity contribution in [1.29, 1.82) is 0 Å². The summed E-state index contributed by atoms with van der Waals surface area (Å²) in [5.74, 6) is 0.783. The lowest BCUT2D eigenvalue weighted by Crippen LogP contribution is -2.49. The molecule has 0 saturated carbocycles. The van der Waals surface area contributed by atoms with Gasteiger partial charge in [0.15, 0.2) is 0 Å². The van der Waals surface area contributed by atoms with E-state index in [1.54, 1.807) is 36.9 Å². The van der Waals surface area contributed by atoms with Gasteiger partial charge in [-0.15, -0.1) is 0 Å². The fraction of sp³-hybridized carbons (Fsp3) is 0.375. The van der Waals surface area contributed by atoms with E-state index in [0.29, 0.717) is 12.2 Å². The zero-order valence-electron chi connectivity index (χ0n) is 13.4. The molecule has 8 nitrogen and oxygen atoms in total. The Hall–Kier alpha value is -2.74. The number of rotatable bonds is 5. The van der Waals surface area contributed by atoms with Crippen LogP contribution in [0.15, 0.2) is 43.0 Å². The first-order valence-electron chi connectivity index (χ1n) is 8.00. The number of carbonyl (C=O) groups is 1. The summed E-state index contributed by atoms with van der Waals surface area (Å²) in [6.45, 7) is 5.09. The molecule has 3 heterocycles. The van der Waals surface area contributed by atoms with Gasteiger partial charge >= 0.3 is 6.03 Å². The summed E-state index contributed by atoms with van der Waals surface area (Å²) >= 11 is 0. The Balaban J connectivity index is 1.34. The van der Waals surface area contributed by atoms with Crippen LogP contribution in [0.2, 0.25) is 0 Å². The van der Waals surface area contributed by atoms with E-state index in [2.05, 4.69) is 35.4 Å². The molecule has 24 heavy (non-hydrogen) atoms. The fourth-order valence-corrected chi connectivity index (χ4v) is 2.57. The van der Waals surface area contributed by atoms with E-state index in [0.717, 1.165) is 38.7 Å². The van der Waals surface area contributed by atoms with Gasteiger partial charge in [-0.3, -0.25) is 9.88 Å². The van der Waals surface area contributed by atoms with Gasteiger partial charge in [0.2, 0.25) is 5.95 Å². The third-order valence-corrected chi connectivity index (χ3v) is 3.84. The second kappa shape index (κ2) is 8.21. The van der Waals surface area contributed by atoms with Crippen molar-refractivity contribution >= 4 is 17.7 Å². The van der Waals surface area contributed by atoms with Gasteiger partial charge in [-0.1, -0.05) is 0 Å². The maximum Gasteiger partial charge on any atom is 0.319 e. The Morgan fingerprint density at radius 3 is 2.58 bits per heavy atom. The minimum absolute atomic E-state index is 0.209. The SMILES string of the molecule is O=C(NCCN1CCN(c2ncccn2)CC1)Nc1cccnc1. The van der Waals surface area contributed by atoms with Crippen LogP contribution in [0, 0.1) is 0 Å². The molecule has 2 N–H and O–H groups in total. The van der Waals surface area contributed by atoms with E-state index in [-0.39, 0.29) is 6.03 Å². The molecule has 126 valence electrons. The van der Waals surface area contributed by atoms with Crippen LogP contribution in [0.25, 0.3) is 0 Å². The lowest BCUT2D eigenvalue weighted by atomic mass is 10.3. The molecule has 0 atom stereocenters. The molecule has 0 radical (unpaired) electrons. The number of amides is 2. The molecule has 3 rings (SSSR count). The number of carbonyl (C=O) groups excluding carboxylic acids is 1. The second-order valence-corrected chi connectivity index (χ2v) is 5.50. The first-order chi connectivity index (χ1) is 11.8. The summed E-state index contributed by atoms with van der Waals surface area (Å²) in [5, 5.41) is 5.62. The summed E-state index contributed by atoms with van der Waals surface area (Å²) in [7, 11) is 0. The van der Waals surface area contributed by atoms with Gasteiger partial charge in [0.1, 0.15) is 0 Å². The zero-order valence-corrected chi connectivity index (χ0v) is 13.4. The highest BCUT2D eigenvalue weighted by atomic mass is 16.2. The lowest BCUT2D eigenvalue weighted by molar-refractivity contribution is 0.240. The third kappa shape index (κ3) is 4.63. The predicted molar refractivity (Wildman–Crippen MR) is 91.9 cm³/mol. The van der Waals surface area contributed by atoms with E-state index in [1.165, 1.54) is 0 Å². The molecule has 0 bridgehead atoms. The number of piperazine rings is 1. The van der Waals surface area contributed by atoms with Crippen LogP contribution in [0.3, 0.4) is 0 Å². The monoisotopic (exact) mass is 327 g/mol. The molecule has 2 amide bonds. The topological polar surface area (TPSA) is 86.3 Å². The molecule has 2 aromatic heterocycles. The highest BCUT2D eigenvalue weighted by Crippen LogP contribution is 2.09. The molecule has 0 spiro atoms. The van der Waals surface area contributed by atoms with Gasteiger partial charge in [-0.05, 0) is 18.2 Å². The Morgan fingerprint density at radius 1 is 1.08 bits per heavy atom. The van der Waals surface area contributed by atoms with Gasteiger partial charge in [0, 0.05) is 57.9 Å². The molecule has 0 aliphatic carbocycles. The number of nitrogens with zero attached hydrogens (tertiary/aromatic N) is 5. The largest absolute Gasteiger partial charge is 0.338 e. The minimum Gasteiger partial charge on any atom is -0.338 e. The van der Waals surface area contributed by atoms with E-state index in [4.69, 9.17) is 0 Å². The maximum absolute atomic E-state index is 11.8. The van der Waals surface area contributed by atoms with Gasteiger partial charge in [0.05, 0.1) is 11.9 Å². The normalized spacial score (nSPS) is 15.1. The predicted octanol–water partition coefficient (Wildman–Crippen LogP) is 0.815. The number of pyridine rings is 1. The summed E-state index contributed by atoms with van der Waals surface area (Å²) in [6, 6.07) is 5.20. The van der Waals surface area contributed by atoms with Crippen LogP contribution in [-0.4, -0.2) is 65.2 Å². The highest BCUT2D eigenvalue weighted by molar-refractivity contribution is 5.88. The zero-order chi connectivity index (χ0) is 16.6. The van der Waals surface area contributed by atoms with E-state index in [9.17, 15) is 4.79 Å². The molecular formula is C16H21N7O. The van der Waals surface area contributed by atoms with Gasteiger partial charge in [-0.25, -0.2) is 14.8 Å². The van der Waals surface area contributed by atoms with E-state index in [1.807, 2.05) is 6.07 Å². The molecule has 1 aliphatic heterocycles. The van der Waals surface area contributed by atoms with Crippen molar-refractivity contribution in [1.82, 2.24) is 25.2 Å². The van der Waals surface area contributed by atoms with Gasteiger partial charge in [0.25, 0.3) is 0 Å². The van der Waals surface area contributed by atoms with Gasteiger partial charge < -0.3 is 15.5 Å². The molecule has 1 fully saturated rings. The Bertz CT molecular complexity index is 629. The Labute approximate surface area is 140 Å². The highest BCUT2D eigenvalue weighted by Gasteiger charge is 2.18. The minimum atomic E-state index is -0.209. The standard InChI is InChI=1S/C16H21N7O/c24-16(21-14-3-1-4-17-13-14)20-7-8-22-9-11-23(12-10-22)15-18-5-2-6-19-15/h1-6,13H,7-12H2,(H2,20,21,24). The first kappa shape index (κ1) is 16.1. The van der Waals surface area contributed by atoms with Crippen molar-refractivity contribution in [2.45, 2.75) is 0 Å². The molecule has 8 heteroatoms. The maximum atomic E-state index is 11.8. The average Bonchev–Trinajstić information content (AvgIpc) is 2.64. The summed E-state index contributed by atoms with van der Waals surface area (Å²) in [5.41, 5.74) is 0.687. The smallest absolute Gasteiger partial charge is 0.319 e. The number of nitrogens with one attached hydrogen (secondary N) is 2. The Morgan fingerprint density at radius 2 is 1.88 bits per heavy atom. The number of anilines is 2. The number of hydrogen-bond acceptors (Lipinski definition) is 6. The second-order valence-electron chi connectivity index (χ2n) is 5.50. The van der Waals surface area contributed by atoms with Gasteiger partial charge in [-0.2, -0.15) is 0 Å². The lowest BCUT2D eigenvalue weighted by Gasteiger charge is -2.34. The van der Waals surface area contributed by atoms with Crippen LogP contribution in [0.5, 0.6) is 0 Å². The summed E-state index contributed by atoms with van der Waals surface area (Å²) in [6.07, 6.45) is 6.81. The fourth-order valence-electron chi connectivity index (χ4n) is 2.57. The van der Waals surface area contributed by atoms with Crippen LogP contribution in [0.4, 0.5) is 16.4 Å². The van der Waals surface area contributed by atoms with Crippen LogP contribution < -0.4 is 15.5 Å². The van der Waals surface area contributed by atoms with E-state index < -0.39 is 0 Å².